The van der Waals surface area contributed by atoms with Crippen molar-refractivity contribution in [3.05, 3.63) is 52.9 Å². The van der Waals surface area contributed by atoms with Crippen molar-refractivity contribution in [2.75, 3.05) is 37.4 Å². The molecule has 170 valence electrons. The summed E-state index contributed by atoms with van der Waals surface area (Å²) in [5.74, 6) is 0.602. The lowest BCUT2D eigenvalue weighted by Crippen LogP contribution is -2.31. The number of rotatable bonds is 6. The van der Waals surface area contributed by atoms with E-state index in [1.54, 1.807) is 0 Å². The standard InChI is InChI=1S/C26H35N5O/c1-29(2)21-13-14-30(18-21)24-15-23-25(16-22(24)27-20-11-7-4-8-12-20)31(26(32)28-23)17-19-9-5-3-6-10-19/h4,7-8,11-12,15-16,19,21,27H,3,5-6,9-10,13-14,17-18H2,1-2H3,(H,28,32)/t21-/m1/s1. The number of H-pyrrole nitrogens is 1. The Hall–Kier alpha value is -2.73. The molecular formula is C26H35N5O. The van der Waals surface area contributed by atoms with Crippen LogP contribution in [0.4, 0.5) is 17.1 Å². The normalized spacial score (nSPS) is 19.8. The van der Waals surface area contributed by atoms with Crippen LogP contribution in [0.5, 0.6) is 0 Å². The number of hydrogen-bond donors (Lipinski definition) is 2. The average Bonchev–Trinajstić information content (AvgIpc) is 3.40. The number of benzene rings is 2. The van der Waals surface area contributed by atoms with Crippen molar-refractivity contribution < 1.29 is 0 Å². The molecule has 0 radical (unpaired) electrons. The summed E-state index contributed by atoms with van der Waals surface area (Å²) in [5, 5.41) is 3.64. The molecule has 0 unspecified atom stereocenters. The highest BCUT2D eigenvalue weighted by atomic mass is 16.1. The predicted octanol–water partition coefficient (Wildman–Crippen LogP) is 4.79. The van der Waals surface area contributed by atoms with Gasteiger partial charge in [0.05, 0.1) is 22.4 Å². The fraction of sp³-hybridized carbons (Fsp3) is 0.500. The highest BCUT2D eigenvalue weighted by molar-refractivity contribution is 5.90. The first-order valence-corrected chi connectivity index (χ1v) is 12.1. The number of aromatic amines is 1. The summed E-state index contributed by atoms with van der Waals surface area (Å²) in [4.78, 5) is 20.8. The third kappa shape index (κ3) is 4.29. The van der Waals surface area contributed by atoms with Crippen molar-refractivity contribution in [1.29, 1.82) is 0 Å². The van der Waals surface area contributed by atoms with Crippen molar-refractivity contribution >= 4 is 28.1 Å². The second kappa shape index (κ2) is 9.02. The Balaban J connectivity index is 1.54. The molecule has 2 heterocycles. The lowest BCUT2D eigenvalue weighted by molar-refractivity contribution is 0.315. The summed E-state index contributed by atoms with van der Waals surface area (Å²) in [5.41, 5.74) is 5.25. The van der Waals surface area contributed by atoms with Crippen LogP contribution < -0.4 is 15.9 Å². The Kier molecular flexibility index (Phi) is 5.96. The lowest BCUT2D eigenvalue weighted by atomic mass is 9.89. The first-order chi connectivity index (χ1) is 15.6. The smallest absolute Gasteiger partial charge is 0.326 e. The molecule has 1 atom stereocenters. The maximum Gasteiger partial charge on any atom is 0.326 e. The maximum atomic E-state index is 12.9. The maximum absolute atomic E-state index is 12.9. The number of nitrogens with one attached hydrogen (secondary N) is 2. The molecule has 2 N–H and O–H groups in total. The van der Waals surface area contributed by atoms with Crippen molar-refractivity contribution in [3.63, 3.8) is 0 Å². The topological polar surface area (TPSA) is 56.3 Å². The largest absolute Gasteiger partial charge is 0.368 e. The monoisotopic (exact) mass is 433 g/mol. The van der Waals surface area contributed by atoms with E-state index in [1.807, 2.05) is 22.8 Å². The number of hydrogen-bond acceptors (Lipinski definition) is 4. The molecule has 0 spiro atoms. The number of nitrogens with zero attached hydrogens (tertiary/aromatic N) is 3. The molecule has 5 rings (SSSR count). The number of imidazole rings is 1. The van der Waals surface area contributed by atoms with Crippen LogP contribution in [0.3, 0.4) is 0 Å². The molecule has 1 aliphatic heterocycles. The molecule has 2 aromatic carbocycles. The fourth-order valence-corrected chi connectivity index (χ4v) is 5.42. The van der Waals surface area contributed by atoms with E-state index in [4.69, 9.17) is 0 Å². The van der Waals surface area contributed by atoms with Gasteiger partial charge in [0.25, 0.3) is 0 Å². The Morgan fingerprint density at radius 2 is 1.84 bits per heavy atom. The van der Waals surface area contributed by atoms with Crippen LogP contribution in [0.2, 0.25) is 0 Å². The van der Waals surface area contributed by atoms with Crippen molar-refractivity contribution in [3.8, 4) is 0 Å². The molecule has 1 saturated heterocycles. The van der Waals surface area contributed by atoms with Crippen LogP contribution >= 0.6 is 0 Å². The van der Waals surface area contributed by atoms with Gasteiger partial charge in [-0.25, -0.2) is 4.79 Å². The van der Waals surface area contributed by atoms with Crippen molar-refractivity contribution in [1.82, 2.24) is 14.5 Å². The number of anilines is 3. The van der Waals surface area contributed by atoms with Gasteiger partial charge >= 0.3 is 5.69 Å². The third-order valence-electron chi connectivity index (χ3n) is 7.34. The minimum Gasteiger partial charge on any atom is -0.368 e. The van der Waals surface area contributed by atoms with Gasteiger partial charge in [-0.3, -0.25) is 4.57 Å². The van der Waals surface area contributed by atoms with Crippen molar-refractivity contribution in [2.24, 2.45) is 5.92 Å². The molecule has 6 nitrogen and oxygen atoms in total. The van der Waals surface area contributed by atoms with Gasteiger partial charge < -0.3 is 20.1 Å². The fourth-order valence-electron chi connectivity index (χ4n) is 5.42. The van der Waals surface area contributed by atoms with E-state index < -0.39 is 0 Å². The molecule has 6 heteroatoms. The summed E-state index contributed by atoms with van der Waals surface area (Å²) in [7, 11) is 4.31. The minimum atomic E-state index is 0.0148. The molecule has 1 saturated carbocycles. The minimum absolute atomic E-state index is 0.0148. The Morgan fingerprint density at radius 3 is 2.56 bits per heavy atom. The third-order valence-corrected chi connectivity index (χ3v) is 7.34. The van der Waals surface area contributed by atoms with Gasteiger partial charge in [-0.05, 0) is 63.5 Å². The Labute approximate surface area is 190 Å². The number of para-hydroxylation sites is 1. The Bertz CT molecular complexity index is 1110. The summed E-state index contributed by atoms with van der Waals surface area (Å²) in [6.45, 7) is 2.83. The zero-order valence-electron chi connectivity index (χ0n) is 19.3. The molecule has 2 aliphatic rings. The number of aromatic nitrogens is 2. The van der Waals surface area contributed by atoms with Crippen LogP contribution in [0.1, 0.15) is 38.5 Å². The van der Waals surface area contributed by atoms with Crippen LogP contribution in [-0.2, 0) is 6.54 Å². The predicted molar refractivity (Wildman–Crippen MR) is 133 cm³/mol. The molecule has 3 aromatic rings. The van der Waals surface area contributed by atoms with Crippen LogP contribution in [0, 0.1) is 5.92 Å². The summed E-state index contributed by atoms with van der Waals surface area (Å²) in [6.07, 6.45) is 7.51. The second-order valence-corrected chi connectivity index (χ2v) is 9.77. The SMILES string of the molecule is CN(C)[C@@H]1CCN(c2cc3[nH]c(=O)n(CC4CCCCC4)c3cc2Nc2ccccc2)C1. The van der Waals surface area contributed by atoms with E-state index in [-0.39, 0.29) is 5.69 Å². The van der Waals surface area contributed by atoms with Gasteiger partial charge in [-0.15, -0.1) is 0 Å². The Morgan fingerprint density at radius 1 is 1.06 bits per heavy atom. The molecular weight excluding hydrogens is 398 g/mol. The van der Waals surface area contributed by atoms with Gasteiger partial charge in [-0.2, -0.15) is 0 Å². The van der Waals surface area contributed by atoms with E-state index in [9.17, 15) is 4.79 Å². The first-order valence-electron chi connectivity index (χ1n) is 12.1. The average molecular weight is 434 g/mol. The van der Waals surface area contributed by atoms with Crippen LogP contribution in [0.25, 0.3) is 11.0 Å². The van der Waals surface area contributed by atoms with E-state index in [0.29, 0.717) is 12.0 Å². The number of likely N-dealkylation sites (N-methyl/N-ethyl adjacent to an activating group) is 1. The van der Waals surface area contributed by atoms with Gasteiger partial charge in [0, 0.05) is 31.4 Å². The molecule has 1 aliphatic carbocycles. The van der Waals surface area contributed by atoms with Crippen LogP contribution in [-0.4, -0.2) is 47.7 Å². The van der Waals surface area contributed by atoms with Crippen molar-refractivity contribution in [2.45, 2.75) is 51.1 Å². The van der Waals surface area contributed by atoms with E-state index in [2.05, 4.69) is 58.5 Å². The highest BCUT2D eigenvalue weighted by Gasteiger charge is 2.27. The molecule has 1 aromatic heterocycles. The van der Waals surface area contributed by atoms with Crippen LogP contribution in [0.15, 0.2) is 47.3 Å². The summed E-state index contributed by atoms with van der Waals surface area (Å²) >= 11 is 0. The quantitative estimate of drug-likeness (QED) is 0.587. The van der Waals surface area contributed by atoms with Gasteiger partial charge in [0.15, 0.2) is 0 Å². The highest BCUT2D eigenvalue weighted by Crippen LogP contribution is 2.36. The number of fused-ring (bicyclic) bond motifs is 1. The zero-order chi connectivity index (χ0) is 22.1. The molecule has 0 bridgehead atoms. The van der Waals surface area contributed by atoms with E-state index in [0.717, 1.165) is 54.2 Å². The van der Waals surface area contributed by atoms with Gasteiger partial charge in [-0.1, -0.05) is 37.5 Å². The second-order valence-electron chi connectivity index (χ2n) is 9.77. The molecule has 0 amide bonds. The van der Waals surface area contributed by atoms with E-state index >= 15 is 0 Å². The molecule has 2 fully saturated rings. The molecule has 32 heavy (non-hydrogen) atoms. The van der Waals surface area contributed by atoms with E-state index in [1.165, 1.54) is 32.1 Å². The van der Waals surface area contributed by atoms with Gasteiger partial charge in [0.2, 0.25) is 0 Å². The summed E-state index contributed by atoms with van der Waals surface area (Å²) in [6, 6.07) is 15.2. The summed E-state index contributed by atoms with van der Waals surface area (Å²) < 4.78 is 1.97. The lowest BCUT2D eigenvalue weighted by Gasteiger charge is -2.25. The first kappa shape index (κ1) is 21.1. The zero-order valence-corrected chi connectivity index (χ0v) is 19.3. The van der Waals surface area contributed by atoms with Gasteiger partial charge in [0.1, 0.15) is 0 Å².